The monoisotopic (exact) mass is 360 g/mol. The molecule has 0 unspecified atom stereocenters. The number of thiophene rings is 1. The number of benzene rings is 1. The quantitative estimate of drug-likeness (QED) is 0.890. The Morgan fingerprint density at radius 2 is 2.24 bits per heavy atom. The van der Waals surface area contributed by atoms with Crippen LogP contribution in [0.1, 0.15) is 17.4 Å². The van der Waals surface area contributed by atoms with Crippen LogP contribution in [0, 0.1) is 6.92 Å². The Bertz CT molecular complexity index is 757. The van der Waals surface area contributed by atoms with Gasteiger partial charge < -0.3 is 14.8 Å². The molecule has 1 aromatic heterocycles. The third-order valence-electron chi connectivity index (χ3n) is 4.23. The number of rotatable bonds is 5. The van der Waals surface area contributed by atoms with E-state index in [1.165, 1.54) is 9.75 Å². The molecule has 1 aromatic carbocycles. The zero-order chi connectivity index (χ0) is 17.8. The zero-order valence-electron chi connectivity index (χ0n) is 14.9. The third-order valence-corrected chi connectivity index (χ3v) is 5.28. The van der Waals surface area contributed by atoms with E-state index in [1.807, 2.05) is 0 Å². The number of fused-ring (bicyclic) bond motifs is 1. The van der Waals surface area contributed by atoms with Gasteiger partial charge in [0.1, 0.15) is 6.61 Å². The lowest BCUT2D eigenvalue weighted by Crippen LogP contribution is -2.34. The SMILES string of the molecule is COc1cc(-c2ccc(C)s2)cc2c1OCCN(CCNC(C)=O)C2. The highest BCUT2D eigenvalue weighted by Gasteiger charge is 2.20. The number of carbonyl (C=O) groups excluding carboxylic acids is 1. The number of hydrogen-bond donors (Lipinski definition) is 1. The van der Waals surface area contributed by atoms with Gasteiger partial charge in [0.2, 0.25) is 5.91 Å². The molecule has 0 saturated carbocycles. The minimum atomic E-state index is 0.00323. The van der Waals surface area contributed by atoms with Crippen molar-refractivity contribution in [1.29, 1.82) is 0 Å². The first-order chi connectivity index (χ1) is 12.1. The second kappa shape index (κ2) is 7.89. The van der Waals surface area contributed by atoms with Gasteiger partial charge in [0.25, 0.3) is 0 Å². The van der Waals surface area contributed by atoms with Crippen LogP contribution in [0.15, 0.2) is 24.3 Å². The van der Waals surface area contributed by atoms with E-state index in [-0.39, 0.29) is 5.91 Å². The fourth-order valence-corrected chi connectivity index (χ4v) is 3.86. The largest absolute Gasteiger partial charge is 0.493 e. The highest BCUT2D eigenvalue weighted by molar-refractivity contribution is 7.15. The average molecular weight is 360 g/mol. The van der Waals surface area contributed by atoms with Gasteiger partial charge in [0, 0.05) is 48.4 Å². The lowest BCUT2D eigenvalue weighted by Gasteiger charge is -2.19. The van der Waals surface area contributed by atoms with Gasteiger partial charge in [-0.15, -0.1) is 11.3 Å². The van der Waals surface area contributed by atoms with Crippen LogP contribution < -0.4 is 14.8 Å². The van der Waals surface area contributed by atoms with Crippen LogP contribution in [-0.2, 0) is 11.3 Å². The van der Waals surface area contributed by atoms with Crippen molar-refractivity contribution in [3.05, 3.63) is 34.7 Å². The molecule has 1 amide bonds. The number of nitrogens with one attached hydrogen (secondary N) is 1. The lowest BCUT2D eigenvalue weighted by atomic mass is 10.1. The summed E-state index contributed by atoms with van der Waals surface area (Å²) in [6.45, 7) is 7.32. The Hall–Kier alpha value is -2.05. The highest BCUT2D eigenvalue weighted by Crippen LogP contribution is 2.39. The van der Waals surface area contributed by atoms with Crippen LogP contribution in [0.4, 0.5) is 0 Å². The van der Waals surface area contributed by atoms with Crippen molar-refractivity contribution >= 4 is 17.2 Å². The molecule has 1 N–H and O–H groups in total. The number of aryl methyl sites for hydroxylation is 1. The molecule has 3 rings (SSSR count). The molecule has 6 heteroatoms. The van der Waals surface area contributed by atoms with E-state index in [9.17, 15) is 4.79 Å². The van der Waals surface area contributed by atoms with Crippen LogP contribution in [-0.4, -0.2) is 44.2 Å². The second-order valence-corrected chi connectivity index (χ2v) is 7.47. The number of carbonyl (C=O) groups is 1. The van der Waals surface area contributed by atoms with E-state index in [2.05, 4.69) is 41.4 Å². The summed E-state index contributed by atoms with van der Waals surface area (Å²) in [6, 6.07) is 8.53. The van der Waals surface area contributed by atoms with E-state index in [1.54, 1.807) is 25.4 Å². The van der Waals surface area contributed by atoms with Gasteiger partial charge in [-0.2, -0.15) is 0 Å². The molecule has 0 radical (unpaired) electrons. The van der Waals surface area contributed by atoms with Crippen LogP contribution >= 0.6 is 11.3 Å². The van der Waals surface area contributed by atoms with E-state index >= 15 is 0 Å². The average Bonchev–Trinajstić information content (AvgIpc) is 2.90. The van der Waals surface area contributed by atoms with Crippen molar-refractivity contribution in [3.63, 3.8) is 0 Å². The van der Waals surface area contributed by atoms with Crippen molar-refractivity contribution in [2.75, 3.05) is 33.4 Å². The standard InChI is InChI=1S/C19H24N2O3S/c1-13-4-5-18(25-13)15-10-16-12-21(7-6-20-14(2)22)8-9-24-19(16)17(11-15)23-3/h4-5,10-11H,6-9,12H2,1-3H3,(H,20,22). The van der Waals surface area contributed by atoms with E-state index in [0.717, 1.165) is 42.3 Å². The van der Waals surface area contributed by atoms with Crippen LogP contribution in [0.5, 0.6) is 11.5 Å². The Morgan fingerprint density at radius 3 is 2.92 bits per heavy atom. The van der Waals surface area contributed by atoms with Gasteiger partial charge in [-0.25, -0.2) is 0 Å². The van der Waals surface area contributed by atoms with E-state index < -0.39 is 0 Å². The smallest absolute Gasteiger partial charge is 0.216 e. The van der Waals surface area contributed by atoms with Crippen LogP contribution in [0.3, 0.4) is 0 Å². The summed E-state index contributed by atoms with van der Waals surface area (Å²) in [5.74, 6) is 1.62. The molecule has 5 nitrogen and oxygen atoms in total. The van der Waals surface area contributed by atoms with Gasteiger partial charge in [-0.05, 0) is 36.8 Å². The number of amides is 1. The molecule has 0 spiro atoms. The Morgan fingerprint density at radius 1 is 1.40 bits per heavy atom. The number of ether oxygens (including phenoxy) is 2. The third kappa shape index (κ3) is 4.32. The fourth-order valence-electron chi connectivity index (χ4n) is 3.00. The summed E-state index contributed by atoms with van der Waals surface area (Å²) in [4.78, 5) is 15.9. The molecule has 0 atom stereocenters. The summed E-state index contributed by atoms with van der Waals surface area (Å²) >= 11 is 1.78. The molecule has 2 heterocycles. The summed E-state index contributed by atoms with van der Waals surface area (Å²) < 4.78 is 11.6. The molecule has 0 bridgehead atoms. The van der Waals surface area contributed by atoms with Gasteiger partial charge in [0.15, 0.2) is 11.5 Å². The summed E-state index contributed by atoms with van der Waals surface area (Å²) in [5.41, 5.74) is 2.28. The van der Waals surface area contributed by atoms with E-state index in [0.29, 0.717) is 13.2 Å². The molecule has 25 heavy (non-hydrogen) atoms. The first-order valence-corrected chi connectivity index (χ1v) is 9.26. The van der Waals surface area contributed by atoms with Gasteiger partial charge in [0.05, 0.1) is 7.11 Å². The molecule has 0 saturated heterocycles. The Labute approximate surface area is 152 Å². The second-order valence-electron chi connectivity index (χ2n) is 6.18. The summed E-state index contributed by atoms with van der Waals surface area (Å²) in [7, 11) is 1.68. The Kier molecular flexibility index (Phi) is 5.60. The number of nitrogens with zero attached hydrogens (tertiary/aromatic N) is 1. The lowest BCUT2D eigenvalue weighted by molar-refractivity contribution is -0.119. The molecular weight excluding hydrogens is 336 g/mol. The summed E-state index contributed by atoms with van der Waals surface area (Å²) in [5, 5.41) is 2.86. The minimum absolute atomic E-state index is 0.00323. The first-order valence-electron chi connectivity index (χ1n) is 8.44. The first kappa shape index (κ1) is 17.8. The number of methoxy groups -OCH3 is 1. The van der Waals surface area contributed by atoms with Crippen LogP contribution in [0.25, 0.3) is 10.4 Å². The predicted molar refractivity (Wildman–Crippen MR) is 100 cm³/mol. The van der Waals surface area contributed by atoms with Gasteiger partial charge in [-0.1, -0.05) is 0 Å². The van der Waals surface area contributed by atoms with E-state index in [4.69, 9.17) is 9.47 Å². The fraction of sp³-hybridized carbons (Fsp3) is 0.421. The van der Waals surface area contributed by atoms with Crippen molar-refractivity contribution in [1.82, 2.24) is 10.2 Å². The normalized spacial score (nSPS) is 14.4. The minimum Gasteiger partial charge on any atom is -0.493 e. The number of hydrogen-bond acceptors (Lipinski definition) is 5. The van der Waals surface area contributed by atoms with Crippen molar-refractivity contribution in [3.8, 4) is 21.9 Å². The molecule has 1 aliphatic heterocycles. The molecule has 134 valence electrons. The molecule has 0 fully saturated rings. The zero-order valence-corrected chi connectivity index (χ0v) is 15.7. The Balaban J connectivity index is 1.86. The highest BCUT2D eigenvalue weighted by atomic mass is 32.1. The maximum atomic E-state index is 11.1. The predicted octanol–water partition coefficient (Wildman–Crippen LogP) is 3.06. The van der Waals surface area contributed by atoms with Crippen molar-refractivity contribution in [2.24, 2.45) is 0 Å². The molecule has 2 aromatic rings. The van der Waals surface area contributed by atoms with Gasteiger partial charge >= 0.3 is 0 Å². The van der Waals surface area contributed by atoms with Gasteiger partial charge in [-0.3, -0.25) is 9.69 Å². The maximum Gasteiger partial charge on any atom is 0.216 e. The summed E-state index contributed by atoms with van der Waals surface area (Å²) in [6.07, 6.45) is 0. The molecule has 0 aliphatic carbocycles. The molecule has 1 aliphatic rings. The van der Waals surface area contributed by atoms with Crippen molar-refractivity contribution in [2.45, 2.75) is 20.4 Å². The maximum absolute atomic E-state index is 11.1. The molecular formula is C19H24N2O3S. The topological polar surface area (TPSA) is 50.8 Å². The van der Waals surface area contributed by atoms with Crippen LogP contribution in [0.2, 0.25) is 0 Å². The van der Waals surface area contributed by atoms with Crippen molar-refractivity contribution < 1.29 is 14.3 Å².